The van der Waals surface area contributed by atoms with E-state index in [1.807, 2.05) is 0 Å². The Kier molecular flexibility index (Phi) is 4.25. The summed E-state index contributed by atoms with van der Waals surface area (Å²) in [6.07, 6.45) is 0. The van der Waals surface area contributed by atoms with Gasteiger partial charge in [0, 0.05) is 10.5 Å². The quantitative estimate of drug-likeness (QED) is 0.618. The third-order valence-corrected chi connectivity index (χ3v) is 2.70. The van der Waals surface area contributed by atoms with Gasteiger partial charge in [-0.25, -0.2) is 0 Å². The number of nitrogens with two attached hydrogens (primary N) is 2. The number of ether oxygens (including phenoxy) is 1. The van der Waals surface area contributed by atoms with Crippen LogP contribution in [0.3, 0.4) is 0 Å². The number of carbonyl (C=O) groups excluding carboxylic acids is 1. The molecule has 8 heteroatoms. The van der Waals surface area contributed by atoms with Crippen LogP contribution < -0.4 is 16.2 Å². The lowest BCUT2D eigenvalue weighted by Gasteiger charge is -2.20. The molecule has 7 nitrogen and oxygen atoms in total. The van der Waals surface area contributed by atoms with Gasteiger partial charge in [0.15, 0.2) is 5.75 Å². The van der Waals surface area contributed by atoms with Crippen molar-refractivity contribution >= 4 is 27.5 Å². The molecule has 0 aliphatic rings. The third-order valence-electron chi connectivity index (χ3n) is 2.21. The zero-order valence-corrected chi connectivity index (χ0v) is 11.1. The van der Waals surface area contributed by atoms with Crippen LogP contribution in [-0.2, 0) is 4.79 Å². The van der Waals surface area contributed by atoms with E-state index in [9.17, 15) is 14.9 Å². The maximum atomic E-state index is 11.0. The Morgan fingerprint density at radius 3 is 2.72 bits per heavy atom. The molecule has 98 valence electrons. The molecule has 1 amide bonds. The second kappa shape index (κ2) is 5.32. The van der Waals surface area contributed by atoms with E-state index in [2.05, 4.69) is 15.9 Å². The van der Waals surface area contributed by atoms with Crippen LogP contribution in [0.2, 0.25) is 0 Å². The minimum atomic E-state index is -1.39. The van der Waals surface area contributed by atoms with E-state index < -0.39 is 16.4 Å². The number of nitrogens with zero attached hydrogens (tertiary/aromatic N) is 1. The second-order valence-corrected chi connectivity index (χ2v) is 4.86. The summed E-state index contributed by atoms with van der Waals surface area (Å²) in [4.78, 5) is 21.2. The summed E-state index contributed by atoms with van der Waals surface area (Å²) in [5, 5.41) is 10.8. The van der Waals surface area contributed by atoms with Crippen molar-refractivity contribution < 1.29 is 14.5 Å². The van der Waals surface area contributed by atoms with Gasteiger partial charge in [-0.2, -0.15) is 0 Å². The predicted octanol–water partition coefficient (Wildman–Crippen LogP) is 0.939. The fourth-order valence-corrected chi connectivity index (χ4v) is 1.40. The summed E-state index contributed by atoms with van der Waals surface area (Å²) in [6, 6.07) is 4.30. The van der Waals surface area contributed by atoms with Crippen molar-refractivity contribution in [1.82, 2.24) is 0 Å². The van der Waals surface area contributed by atoms with Gasteiger partial charge in [0.05, 0.1) is 4.92 Å². The van der Waals surface area contributed by atoms with Crippen LogP contribution in [0.4, 0.5) is 5.69 Å². The number of carbonyl (C=O) groups is 1. The van der Waals surface area contributed by atoms with Gasteiger partial charge in [0.25, 0.3) is 0 Å². The van der Waals surface area contributed by atoms with Crippen molar-refractivity contribution in [3.8, 4) is 5.75 Å². The van der Waals surface area contributed by atoms with E-state index >= 15 is 0 Å². The first-order valence-electron chi connectivity index (χ1n) is 4.89. The van der Waals surface area contributed by atoms with E-state index in [1.165, 1.54) is 19.1 Å². The molecule has 0 bridgehead atoms. The van der Waals surface area contributed by atoms with Gasteiger partial charge in [0.2, 0.25) is 5.91 Å². The van der Waals surface area contributed by atoms with Crippen molar-refractivity contribution in [3.63, 3.8) is 0 Å². The van der Waals surface area contributed by atoms with Gasteiger partial charge in [-0.15, -0.1) is 0 Å². The number of halogens is 1. The maximum Gasteiger partial charge on any atom is 0.312 e. The second-order valence-electron chi connectivity index (χ2n) is 3.94. The number of amides is 1. The number of nitro benzene ring substituents is 1. The molecular weight excluding hydrogens is 306 g/mol. The highest BCUT2D eigenvalue weighted by atomic mass is 79.9. The third kappa shape index (κ3) is 3.41. The summed E-state index contributed by atoms with van der Waals surface area (Å²) in [5.41, 5.74) is 9.05. The van der Waals surface area contributed by atoms with Crippen molar-refractivity contribution in [2.24, 2.45) is 11.5 Å². The number of hydrogen-bond acceptors (Lipinski definition) is 5. The van der Waals surface area contributed by atoms with Crippen LogP contribution in [-0.4, -0.2) is 23.0 Å². The first-order valence-corrected chi connectivity index (χ1v) is 5.69. The van der Waals surface area contributed by atoms with E-state index in [0.29, 0.717) is 4.47 Å². The standard InChI is InChI=1S/C10H12BrN3O4/c1-10(13,9(12)15)5-18-8-3-2-6(11)4-7(8)14(16)17/h2-4H,5,13H2,1H3,(H2,12,15). The molecule has 0 fully saturated rings. The summed E-state index contributed by atoms with van der Waals surface area (Å²) in [6.45, 7) is 1.14. The highest BCUT2D eigenvalue weighted by Gasteiger charge is 2.28. The molecule has 4 N–H and O–H groups in total. The van der Waals surface area contributed by atoms with Crippen LogP contribution in [0, 0.1) is 10.1 Å². The summed E-state index contributed by atoms with van der Waals surface area (Å²) in [7, 11) is 0. The molecule has 0 heterocycles. The average Bonchev–Trinajstić information content (AvgIpc) is 2.27. The van der Waals surface area contributed by atoms with Gasteiger partial charge < -0.3 is 16.2 Å². The van der Waals surface area contributed by atoms with E-state index in [4.69, 9.17) is 16.2 Å². The minimum Gasteiger partial charge on any atom is -0.484 e. The first-order chi connectivity index (χ1) is 8.24. The Hall–Kier alpha value is -1.67. The molecule has 0 aliphatic carbocycles. The number of nitro groups is 1. The molecule has 18 heavy (non-hydrogen) atoms. The largest absolute Gasteiger partial charge is 0.484 e. The van der Waals surface area contributed by atoms with Crippen molar-refractivity contribution in [3.05, 3.63) is 32.8 Å². The fourth-order valence-electron chi connectivity index (χ4n) is 1.05. The van der Waals surface area contributed by atoms with Crippen LogP contribution in [0.1, 0.15) is 6.92 Å². The zero-order valence-electron chi connectivity index (χ0n) is 9.55. The molecule has 1 aromatic carbocycles. The highest BCUT2D eigenvalue weighted by Crippen LogP contribution is 2.30. The smallest absolute Gasteiger partial charge is 0.312 e. The molecule has 0 saturated carbocycles. The normalized spacial score (nSPS) is 13.7. The lowest BCUT2D eigenvalue weighted by molar-refractivity contribution is -0.386. The molecule has 1 unspecified atom stereocenters. The van der Waals surface area contributed by atoms with Gasteiger partial charge in [-0.3, -0.25) is 14.9 Å². The Balaban J connectivity index is 2.92. The monoisotopic (exact) mass is 317 g/mol. The summed E-state index contributed by atoms with van der Waals surface area (Å²) >= 11 is 3.12. The highest BCUT2D eigenvalue weighted by molar-refractivity contribution is 9.10. The Morgan fingerprint density at radius 1 is 1.61 bits per heavy atom. The van der Waals surface area contributed by atoms with Crippen molar-refractivity contribution in [2.75, 3.05) is 6.61 Å². The van der Waals surface area contributed by atoms with Gasteiger partial charge >= 0.3 is 5.69 Å². The predicted molar refractivity (Wildman–Crippen MR) is 68.1 cm³/mol. The van der Waals surface area contributed by atoms with Gasteiger partial charge in [-0.05, 0) is 19.1 Å². The summed E-state index contributed by atoms with van der Waals surface area (Å²) < 4.78 is 5.74. The van der Waals surface area contributed by atoms with E-state index in [1.54, 1.807) is 6.07 Å². The minimum absolute atomic E-state index is 0.0288. The molecule has 0 spiro atoms. The van der Waals surface area contributed by atoms with Crippen LogP contribution >= 0.6 is 15.9 Å². The lowest BCUT2D eigenvalue weighted by Crippen LogP contribution is -2.53. The molecule has 1 atom stereocenters. The van der Waals surface area contributed by atoms with Gasteiger partial charge in [-0.1, -0.05) is 15.9 Å². The van der Waals surface area contributed by atoms with Crippen LogP contribution in [0.25, 0.3) is 0 Å². The molecular formula is C10H12BrN3O4. The van der Waals surface area contributed by atoms with Gasteiger partial charge in [0.1, 0.15) is 12.1 Å². The Labute approximate surface area is 111 Å². The maximum absolute atomic E-state index is 11.0. The van der Waals surface area contributed by atoms with Crippen LogP contribution in [0.15, 0.2) is 22.7 Å². The zero-order chi connectivity index (χ0) is 13.9. The van der Waals surface area contributed by atoms with Crippen molar-refractivity contribution in [1.29, 1.82) is 0 Å². The molecule has 0 aromatic heterocycles. The Morgan fingerprint density at radius 2 is 2.22 bits per heavy atom. The average molecular weight is 318 g/mol. The topological polar surface area (TPSA) is 121 Å². The molecule has 0 aliphatic heterocycles. The SMILES string of the molecule is CC(N)(COc1ccc(Br)cc1[N+](=O)[O-])C(N)=O. The fraction of sp³-hybridized carbons (Fsp3) is 0.300. The number of benzene rings is 1. The number of rotatable bonds is 5. The molecule has 1 rings (SSSR count). The number of hydrogen-bond donors (Lipinski definition) is 2. The van der Waals surface area contributed by atoms with Crippen LogP contribution in [0.5, 0.6) is 5.75 Å². The molecule has 0 saturated heterocycles. The summed E-state index contributed by atoms with van der Waals surface area (Å²) in [5.74, 6) is -0.719. The van der Waals surface area contributed by atoms with Crippen molar-refractivity contribution in [2.45, 2.75) is 12.5 Å². The first kappa shape index (κ1) is 14.4. The number of primary amides is 1. The lowest BCUT2D eigenvalue weighted by atomic mass is 10.1. The molecule has 1 aromatic rings. The Bertz CT molecular complexity index is 490. The molecule has 0 radical (unpaired) electrons. The van der Waals surface area contributed by atoms with E-state index in [-0.39, 0.29) is 18.0 Å². The van der Waals surface area contributed by atoms with E-state index in [0.717, 1.165) is 0 Å².